The molecule has 0 aliphatic carbocycles. The second-order valence-corrected chi connectivity index (χ2v) is 5.87. The van der Waals surface area contributed by atoms with Gasteiger partial charge in [-0.15, -0.1) is 12.4 Å². The summed E-state index contributed by atoms with van der Waals surface area (Å²) in [6, 6.07) is 9.48. The molecule has 2 N–H and O–H groups in total. The summed E-state index contributed by atoms with van der Waals surface area (Å²) in [6.07, 6.45) is 2.86. The molecule has 0 bridgehead atoms. The molecule has 1 aliphatic heterocycles. The summed E-state index contributed by atoms with van der Waals surface area (Å²) in [5, 5.41) is 0. The highest BCUT2D eigenvalue weighted by Gasteiger charge is 2.29. The van der Waals surface area contributed by atoms with Crippen LogP contribution in [0.5, 0.6) is 5.75 Å². The van der Waals surface area contributed by atoms with Gasteiger partial charge in [0.2, 0.25) is 5.91 Å². The van der Waals surface area contributed by atoms with Crippen molar-refractivity contribution >= 4 is 18.3 Å². The average Bonchev–Trinajstić information content (AvgIpc) is 2.54. The number of nitrogens with two attached hydrogens (primary N) is 1. The van der Waals surface area contributed by atoms with Gasteiger partial charge in [-0.3, -0.25) is 4.79 Å². The molecular formula is C17H27ClN2O2. The molecule has 2 atom stereocenters. The highest BCUT2D eigenvalue weighted by molar-refractivity contribution is 5.85. The van der Waals surface area contributed by atoms with Gasteiger partial charge < -0.3 is 15.4 Å². The molecule has 124 valence electrons. The lowest BCUT2D eigenvalue weighted by molar-refractivity contribution is -0.135. The number of amides is 1. The molecule has 1 heterocycles. The van der Waals surface area contributed by atoms with Gasteiger partial charge in [-0.2, -0.15) is 0 Å². The number of ether oxygens (including phenoxy) is 1. The maximum absolute atomic E-state index is 12.3. The van der Waals surface area contributed by atoms with Crippen molar-refractivity contribution in [3.8, 4) is 5.75 Å². The number of hydrogen-bond acceptors (Lipinski definition) is 3. The van der Waals surface area contributed by atoms with E-state index in [0.29, 0.717) is 0 Å². The highest BCUT2D eigenvalue weighted by Crippen LogP contribution is 2.20. The second kappa shape index (κ2) is 9.01. The first kappa shape index (κ1) is 18.8. The number of hydrogen-bond donors (Lipinski definition) is 1. The Morgan fingerprint density at radius 3 is 2.45 bits per heavy atom. The third-order valence-corrected chi connectivity index (χ3v) is 4.34. The van der Waals surface area contributed by atoms with Gasteiger partial charge >= 0.3 is 0 Å². The third kappa shape index (κ3) is 4.89. The van der Waals surface area contributed by atoms with E-state index >= 15 is 0 Å². The predicted molar refractivity (Wildman–Crippen MR) is 91.4 cm³/mol. The van der Waals surface area contributed by atoms with Crippen LogP contribution >= 0.6 is 12.4 Å². The standard InChI is InChI=1S/C17H26N2O2.ClH/c1-3-13(2)16(18)17(20)19-11-9-15(10-12-19)21-14-7-5-4-6-8-14;/h4-8,13,15-16H,3,9-12,18H2,1-2H3;1H. The number of likely N-dealkylation sites (tertiary alicyclic amines) is 1. The summed E-state index contributed by atoms with van der Waals surface area (Å²) in [7, 11) is 0. The number of nitrogens with zero attached hydrogens (tertiary/aromatic N) is 1. The van der Waals surface area contributed by atoms with E-state index in [0.717, 1.165) is 38.1 Å². The van der Waals surface area contributed by atoms with Crippen LogP contribution in [0.4, 0.5) is 0 Å². The van der Waals surface area contributed by atoms with Crippen molar-refractivity contribution in [3.05, 3.63) is 30.3 Å². The molecule has 0 spiro atoms. The van der Waals surface area contributed by atoms with Crippen LogP contribution in [0.1, 0.15) is 33.1 Å². The van der Waals surface area contributed by atoms with E-state index in [2.05, 4.69) is 6.92 Å². The Kier molecular flexibility index (Phi) is 7.69. The van der Waals surface area contributed by atoms with Crippen molar-refractivity contribution < 1.29 is 9.53 Å². The smallest absolute Gasteiger partial charge is 0.239 e. The lowest BCUT2D eigenvalue weighted by Gasteiger charge is -2.34. The molecule has 1 aliphatic rings. The fourth-order valence-corrected chi connectivity index (χ4v) is 2.59. The Labute approximate surface area is 139 Å². The van der Waals surface area contributed by atoms with Crippen LogP contribution in [0, 0.1) is 5.92 Å². The lowest BCUT2D eigenvalue weighted by Crippen LogP contribution is -2.50. The largest absolute Gasteiger partial charge is 0.490 e. The maximum Gasteiger partial charge on any atom is 0.239 e. The zero-order valence-corrected chi connectivity index (χ0v) is 14.2. The minimum atomic E-state index is -0.374. The van der Waals surface area contributed by atoms with Crippen LogP contribution < -0.4 is 10.5 Å². The molecule has 1 aromatic rings. The van der Waals surface area contributed by atoms with Crippen molar-refractivity contribution in [2.75, 3.05) is 13.1 Å². The first-order valence-electron chi connectivity index (χ1n) is 7.88. The van der Waals surface area contributed by atoms with E-state index in [-0.39, 0.29) is 36.4 Å². The Morgan fingerprint density at radius 1 is 1.32 bits per heavy atom. The van der Waals surface area contributed by atoms with Gasteiger partial charge in [-0.05, 0) is 18.1 Å². The van der Waals surface area contributed by atoms with Gasteiger partial charge in [-0.25, -0.2) is 0 Å². The number of rotatable bonds is 5. The van der Waals surface area contributed by atoms with Crippen LogP contribution in [0.15, 0.2) is 30.3 Å². The molecule has 0 saturated carbocycles. The van der Waals surface area contributed by atoms with Gasteiger partial charge in [0.25, 0.3) is 0 Å². The van der Waals surface area contributed by atoms with Gasteiger partial charge in [0.1, 0.15) is 11.9 Å². The first-order valence-corrected chi connectivity index (χ1v) is 7.88. The maximum atomic E-state index is 12.3. The number of carbonyl (C=O) groups is 1. The zero-order chi connectivity index (χ0) is 15.2. The molecule has 2 rings (SSSR count). The van der Waals surface area contributed by atoms with Crippen molar-refractivity contribution in [2.24, 2.45) is 11.7 Å². The normalized spacial score (nSPS) is 18.2. The molecule has 0 radical (unpaired) electrons. The number of para-hydroxylation sites is 1. The minimum Gasteiger partial charge on any atom is -0.490 e. The summed E-state index contributed by atoms with van der Waals surface area (Å²) >= 11 is 0. The number of carbonyl (C=O) groups excluding carboxylic acids is 1. The quantitative estimate of drug-likeness (QED) is 0.905. The first-order chi connectivity index (χ1) is 10.1. The third-order valence-electron chi connectivity index (χ3n) is 4.34. The van der Waals surface area contributed by atoms with Gasteiger partial charge in [-0.1, -0.05) is 38.5 Å². The number of piperidine rings is 1. The zero-order valence-electron chi connectivity index (χ0n) is 13.4. The van der Waals surface area contributed by atoms with Gasteiger partial charge in [0.05, 0.1) is 6.04 Å². The van der Waals surface area contributed by atoms with E-state index in [1.165, 1.54) is 0 Å². The van der Waals surface area contributed by atoms with Crippen molar-refractivity contribution in [2.45, 2.75) is 45.3 Å². The minimum absolute atomic E-state index is 0. The van der Waals surface area contributed by atoms with E-state index in [1.807, 2.05) is 42.2 Å². The molecule has 2 unspecified atom stereocenters. The predicted octanol–water partition coefficient (Wildman–Crippen LogP) is 2.85. The highest BCUT2D eigenvalue weighted by atomic mass is 35.5. The second-order valence-electron chi connectivity index (χ2n) is 5.87. The molecular weight excluding hydrogens is 300 g/mol. The van der Waals surface area contributed by atoms with Crippen LogP contribution in [0.2, 0.25) is 0 Å². The van der Waals surface area contributed by atoms with Crippen molar-refractivity contribution in [3.63, 3.8) is 0 Å². The fourth-order valence-electron chi connectivity index (χ4n) is 2.59. The summed E-state index contributed by atoms with van der Waals surface area (Å²) in [6.45, 7) is 5.58. The molecule has 1 aromatic carbocycles. The van der Waals surface area contributed by atoms with Gasteiger partial charge in [0, 0.05) is 25.9 Å². The molecule has 5 heteroatoms. The fraction of sp³-hybridized carbons (Fsp3) is 0.588. The average molecular weight is 327 g/mol. The Hall–Kier alpha value is -1.26. The lowest BCUT2D eigenvalue weighted by atomic mass is 9.97. The monoisotopic (exact) mass is 326 g/mol. The summed E-state index contributed by atoms with van der Waals surface area (Å²) < 4.78 is 5.94. The van der Waals surface area contributed by atoms with Crippen LogP contribution in [0.25, 0.3) is 0 Å². The number of halogens is 1. The van der Waals surface area contributed by atoms with E-state index in [1.54, 1.807) is 0 Å². The molecule has 1 amide bonds. The van der Waals surface area contributed by atoms with E-state index < -0.39 is 0 Å². The molecule has 1 fully saturated rings. The van der Waals surface area contributed by atoms with E-state index in [9.17, 15) is 4.79 Å². The van der Waals surface area contributed by atoms with Crippen molar-refractivity contribution in [1.82, 2.24) is 4.90 Å². The topological polar surface area (TPSA) is 55.6 Å². The Morgan fingerprint density at radius 2 is 1.91 bits per heavy atom. The SMILES string of the molecule is CCC(C)C(N)C(=O)N1CCC(Oc2ccccc2)CC1.Cl. The number of benzene rings is 1. The summed E-state index contributed by atoms with van der Waals surface area (Å²) in [5.74, 6) is 1.22. The van der Waals surface area contributed by atoms with Crippen LogP contribution in [0.3, 0.4) is 0 Å². The van der Waals surface area contributed by atoms with E-state index in [4.69, 9.17) is 10.5 Å². The van der Waals surface area contributed by atoms with Crippen LogP contribution in [-0.4, -0.2) is 36.0 Å². The molecule has 1 saturated heterocycles. The Bertz CT molecular complexity index is 447. The molecule has 22 heavy (non-hydrogen) atoms. The summed E-state index contributed by atoms with van der Waals surface area (Å²) in [5.41, 5.74) is 6.04. The van der Waals surface area contributed by atoms with Crippen LogP contribution in [-0.2, 0) is 4.79 Å². The van der Waals surface area contributed by atoms with Gasteiger partial charge in [0.15, 0.2) is 0 Å². The summed E-state index contributed by atoms with van der Waals surface area (Å²) in [4.78, 5) is 14.2. The van der Waals surface area contributed by atoms with Crippen molar-refractivity contribution in [1.29, 1.82) is 0 Å². The Balaban J connectivity index is 0.00000242. The molecule has 0 aromatic heterocycles. The molecule has 4 nitrogen and oxygen atoms in total.